The average molecular weight is 331 g/mol. The lowest BCUT2D eigenvalue weighted by Crippen LogP contribution is -2.36. The Balaban J connectivity index is 2.17. The molecule has 108 valence electrons. The van der Waals surface area contributed by atoms with Gasteiger partial charge in [0.2, 0.25) is 10.0 Å². The van der Waals surface area contributed by atoms with Gasteiger partial charge < -0.3 is 0 Å². The Kier molecular flexibility index (Phi) is 4.49. The highest BCUT2D eigenvalue weighted by atomic mass is 35.5. The van der Waals surface area contributed by atoms with E-state index in [1.54, 1.807) is 17.4 Å². The van der Waals surface area contributed by atoms with Gasteiger partial charge in [0.1, 0.15) is 10.0 Å². The van der Waals surface area contributed by atoms with Gasteiger partial charge in [-0.05, 0) is 23.6 Å². The fourth-order valence-electron chi connectivity index (χ4n) is 1.68. The second kappa shape index (κ2) is 5.81. The van der Waals surface area contributed by atoms with Crippen LogP contribution in [0.4, 0.5) is 0 Å². The highest BCUT2D eigenvalue weighted by molar-refractivity contribution is 7.89. The number of rotatable bonds is 5. The van der Waals surface area contributed by atoms with Gasteiger partial charge in [-0.2, -0.15) is 0 Å². The minimum absolute atomic E-state index is 0.00338. The van der Waals surface area contributed by atoms with Gasteiger partial charge >= 0.3 is 0 Å². The molecule has 0 aromatic carbocycles. The van der Waals surface area contributed by atoms with Crippen molar-refractivity contribution in [3.05, 3.63) is 45.9 Å². The fourth-order valence-corrected chi connectivity index (χ4v) is 4.19. The Labute approximate surface area is 127 Å². The number of thiophene rings is 1. The lowest BCUT2D eigenvalue weighted by atomic mass is 9.92. The first-order valence-corrected chi connectivity index (χ1v) is 8.71. The minimum atomic E-state index is -3.66. The SMILES string of the molecule is CC(C)(CNS(=O)(=O)c1cccnc1Cl)c1cccs1. The normalized spacial score (nSPS) is 12.6. The molecule has 0 aliphatic carbocycles. The Bertz CT molecular complexity index is 682. The van der Waals surface area contributed by atoms with E-state index in [1.807, 2.05) is 31.4 Å². The molecule has 0 aliphatic rings. The average Bonchev–Trinajstić information content (AvgIpc) is 2.92. The summed E-state index contributed by atoms with van der Waals surface area (Å²) in [6.07, 6.45) is 1.46. The quantitative estimate of drug-likeness (QED) is 0.857. The van der Waals surface area contributed by atoms with Crippen LogP contribution < -0.4 is 4.72 Å². The predicted molar refractivity (Wildman–Crippen MR) is 81.8 cm³/mol. The second-order valence-corrected chi connectivity index (χ2v) is 8.02. The van der Waals surface area contributed by atoms with E-state index in [0.717, 1.165) is 4.88 Å². The summed E-state index contributed by atoms with van der Waals surface area (Å²) in [7, 11) is -3.66. The summed E-state index contributed by atoms with van der Waals surface area (Å²) in [5.74, 6) is 0. The topological polar surface area (TPSA) is 59.1 Å². The van der Waals surface area contributed by atoms with E-state index in [4.69, 9.17) is 11.6 Å². The van der Waals surface area contributed by atoms with E-state index in [9.17, 15) is 8.42 Å². The van der Waals surface area contributed by atoms with Crippen LogP contribution in [0.25, 0.3) is 0 Å². The molecule has 0 atom stereocenters. The molecule has 0 fully saturated rings. The van der Waals surface area contributed by atoms with Crippen molar-refractivity contribution in [1.82, 2.24) is 9.71 Å². The van der Waals surface area contributed by atoms with E-state index in [2.05, 4.69) is 9.71 Å². The molecule has 2 aromatic heterocycles. The van der Waals surface area contributed by atoms with Gasteiger partial charge in [-0.25, -0.2) is 18.1 Å². The molecule has 0 amide bonds. The molecule has 2 aromatic rings. The molecule has 0 saturated carbocycles. The Hall–Kier alpha value is -0.950. The number of hydrogen-bond donors (Lipinski definition) is 1. The Morgan fingerprint density at radius 1 is 1.35 bits per heavy atom. The van der Waals surface area contributed by atoms with Gasteiger partial charge in [0.25, 0.3) is 0 Å². The number of halogens is 1. The molecule has 0 aliphatic heterocycles. The molecular weight excluding hydrogens is 316 g/mol. The molecule has 4 nitrogen and oxygen atoms in total. The highest BCUT2D eigenvalue weighted by Crippen LogP contribution is 2.27. The number of hydrogen-bond acceptors (Lipinski definition) is 4. The van der Waals surface area contributed by atoms with Crippen LogP contribution in [0.15, 0.2) is 40.7 Å². The van der Waals surface area contributed by atoms with Crippen LogP contribution in [-0.2, 0) is 15.4 Å². The Morgan fingerprint density at radius 3 is 2.70 bits per heavy atom. The smallest absolute Gasteiger partial charge is 0.243 e. The van der Waals surface area contributed by atoms with Crippen LogP contribution in [0, 0.1) is 0 Å². The van der Waals surface area contributed by atoms with E-state index < -0.39 is 10.0 Å². The standard InChI is InChI=1S/C13H15ClN2O2S2/c1-13(2,11-6-4-8-19-11)9-16-20(17,18)10-5-3-7-15-12(10)14/h3-8,16H,9H2,1-2H3. The highest BCUT2D eigenvalue weighted by Gasteiger charge is 2.26. The van der Waals surface area contributed by atoms with Crippen molar-refractivity contribution >= 4 is 33.0 Å². The largest absolute Gasteiger partial charge is 0.243 e. The number of pyridine rings is 1. The summed E-state index contributed by atoms with van der Waals surface area (Å²) in [6.45, 7) is 4.28. The van der Waals surface area contributed by atoms with E-state index in [0.29, 0.717) is 6.54 Å². The third-order valence-corrected chi connectivity index (χ3v) is 5.99. The first kappa shape index (κ1) is 15.4. The van der Waals surface area contributed by atoms with Crippen molar-refractivity contribution in [2.75, 3.05) is 6.54 Å². The van der Waals surface area contributed by atoms with Crippen LogP contribution in [-0.4, -0.2) is 19.9 Å². The van der Waals surface area contributed by atoms with Gasteiger partial charge in [-0.1, -0.05) is 31.5 Å². The van der Waals surface area contributed by atoms with Gasteiger partial charge in [0, 0.05) is 23.0 Å². The van der Waals surface area contributed by atoms with E-state index in [-0.39, 0.29) is 15.5 Å². The van der Waals surface area contributed by atoms with E-state index in [1.165, 1.54) is 12.3 Å². The zero-order chi connectivity index (χ0) is 14.8. The summed E-state index contributed by atoms with van der Waals surface area (Å²) >= 11 is 7.44. The summed E-state index contributed by atoms with van der Waals surface area (Å²) in [5.41, 5.74) is -0.282. The molecular formula is C13H15ClN2O2S2. The maximum atomic E-state index is 12.2. The molecule has 2 heterocycles. The molecule has 2 rings (SSSR count). The van der Waals surface area contributed by atoms with Gasteiger partial charge in [-0.3, -0.25) is 0 Å². The minimum Gasteiger partial charge on any atom is -0.243 e. The number of nitrogens with zero attached hydrogens (tertiary/aromatic N) is 1. The van der Waals surface area contributed by atoms with E-state index >= 15 is 0 Å². The maximum absolute atomic E-state index is 12.2. The molecule has 0 unspecified atom stereocenters. The van der Waals surface area contributed by atoms with Gasteiger partial charge in [0.15, 0.2) is 0 Å². The van der Waals surface area contributed by atoms with Crippen LogP contribution in [0.5, 0.6) is 0 Å². The summed E-state index contributed by atoms with van der Waals surface area (Å²) < 4.78 is 27.1. The summed E-state index contributed by atoms with van der Waals surface area (Å²) in [4.78, 5) is 4.91. The van der Waals surface area contributed by atoms with Gasteiger partial charge in [-0.15, -0.1) is 11.3 Å². The van der Waals surface area contributed by atoms with Crippen molar-refractivity contribution < 1.29 is 8.42 Å². The molecule has 0 bridgehead atoms. The molecule has 0 radical (unpaired) electrons. The van der Waals surface area contributed by atoms with Crippen LogP contribution in [0.2, 0.25) is 5.15 Å². The molecule has 7 heteroatoms. The fraction of sp³-hybridized carbons (Fsp3) is 0.308. The van der Waals surface area contributed by atoms with Crippen molar-refractivity contribution in [2.45, 2.75) is 24.2 Å². The molecule has 0 saturated heterocycles. The molecule has 1 N–H and O–H groups in total. The zero-order valence-corrected chi connectivity index (χ0v) is 13.5. The number of nitrogens with one attached hydrogen (secondary N) is 1. The predicted octanol–water partition coefficient (Wildman–Crippen LogP) is 3.05. The number of aromatic nitrogens is 1. The second-order valence-electron chi connectivity index (χ2n) is 4.98. The summed E-state index contributed by atoms with van der Waals surface area (Å²) in [6, 6.07) is 6.94. The first-order chi connectivity index (χ1) is 9.33. The zero-order valence-electron chi connectivity index (χ0n) is 11.1. The van der Waals surface area contributed by atoms with Crippen molar-refractivity contribution in [3.63, 3.8) is 0 Å². The molecule has 0 spiro atoms. The van der Waals surface area contributed by atoms with Crippen LogP contribution in [0.1, 0.15) is 18.7 Å². The van der Waals surface area contributed by atoms with Crippen LogP contribution in [0.3, 0.4) is 0 Å². The van der Waals surface area contributed by atoms with Gasteiger partial charge in [0.05, 0.1) is 0 Å². The molecule has 20 heavy (non-hydrogen) atoms. The lowest BCUT2D eigenvalue weighted by molar-refractivity contribution is 0.509. The van der Waals surface area contributed by atoms with Crippen molar-refractivity contribution in [1.29, 1.82) is 0 Å². The number of sulfonamides is 1. The maximum Gasteiger partial charge on any atom is 0.243 e. The Morgan fingerprint density at radius 2 is 2.10 bits per heavy atom. The lowest BCUT2D eigenvalue weighted by Gasteiger charge is -2.23. The monoisotopic (exact) mass is 330 g/mol. The summed E-state index contributed by atoms with van der Waals surface area (Å²) in [5, 5.41) is 1.96. The third-order valence-electron chi connectivity index (χ3n) is 2.91. The first-order valence-electron chi connectivity index (χ1n) is 5.97. The van der Waals surface area contributed by atoms with Crippen molar-refractivity contribution in [3.8, 4) is 0 Å². The van der Waals surface area contributed by atoms with Crippen molar-refractivity contribution in [2.24, 2.45) is 0 Å². The third kappa shape index (κ3) is 3.38. The van der Waals surface area contributed by atoms with Crippen LogP contribution >= 0.6 is 22.9 Å².